The first kappa shape index (κ1) is 13.7. The zero-order valence-electron chi connectivity index (χ0n) is 10.2. The minimum atomic E-state index is -1.29. The molecule has 1 aromatic carbocycles. The number of hydrogen-bond donors (Lipinski definition) is 0. The fourth-order valence-electron chi connectivity index (χ4n) is 2.09. The number of aryl methyl sites for hydroxylation is 1. The van der Waals surface area contributed by atoms with Crippen LogP contribution in [0.25, 0.3) is 0 Å². The van der Waals surface area contributed by atoms with E-state index in [4.69, 9.17) is 0 Å². The standard InChI is InChI=1S/C14H9F3OS2/c15-9-5-11(17)10(16)4-8(9)14(18)13-3-7-6-19-2-1-12(7)20-13/h3-5H,1-2,6H2. The summed E-state index contributed by atoms with van der Waals surface area (Å²) >= 11 is 3.09. The summed E-state index contributed by atoms with van der Waals surface area (Å²) in [5.74, 6) is -2.30. The molecule has 0 radical (unpaired) electrons. The lowest BCUT2D eigenvalue weighted by Crippen LogP contribution is -2.04. The smallest absolute Gasteiger partial charge is 0.206 e. The number of carbonyl (C=O) groups is 1. The molecule has 104 valence electrons. The quantitative estimate of drug-likeness (QED) is 0.611. The van der Waals surface area contributed by atoms with Crippen molar-refractivity contribution >= 4 is 28.9 Å². The largest absolute Gasteiger partial charge is 0.288 e. The molecule has 1 aliphatic heterocycles. The lowest BCUT2D eigenvalue weighted by molar-refractivity contribution is 0.103. The number of carbonyl (C=O) groups excluding carboxylic acids is 1. The van der Waals surface area contributed by atoms with E-state index in [0.717, 1.165) is 28.4 Å². The van der Waals surface area contributed by atoms with Gasteiger partial charge in [-0.3, -0.25) is 4.79 Å². The van der Waals surface area contributed by atoms with Gasteiger partial charge in [0.15, 0.2) is 11.6 Å². The molecule has 1 aromatic heterocycles. The number of benzene rings is 1. The van der Waals surface area contributed by atoms with Crippen molar-refractivity contribution in [1.82, 2.24) is 0 Å². The first-order chi connectivity index (χ1) is 9.56. The van der Waals surface area contributed by atoms with Crippen molar-refractivity contribution in [2.45, 2.75) is 12.2 Å². The van der Waals surface area contributed by atoms with Crippen LogP contribution in [0.2, 0.25) is 0 Å². The van der Waals surface area contributed by atoms with E-state index >= 15 is 0 Å². The highest BCUT2D eigenvalue weighted by molar-refractivity contribution is 7.98. The molecule has 1 nitrogen and oxygen atoms in total. The Morgan fingerprint density at radius 2 is 1.80 bits per heavy atom. The van der Waals surface area contributed by atoms with Crippen molar-refractivity contribution in [3.63, 3.8) is 0 Å². The normalized spacial score (nSPS) is 14.2. The second-order valence-corrected chi connectivity index (χ2v) is 6.68. The van der Waals surface area contributed by atoms with E-state index in [1.165, 1.54) is 11.3 Å². The molecule has 0 unspecified atom stereocenters. The molecule has 0 fully saturated rings. The van der Waals surface area contributed by atoms with Gasteiger partial charge in [0.25, 0.3) is 0 Å². The lowest BCUT2D eigenvalue weighted by atomic mass is 10.1. The van der Waals surface area contributed by atoms with Crippen LogP contribution in [0.1, 0.15) is 25.7 Å². The molecule has 0 N–H and O–H groups in total. The summed E-state index contributed by atoms with van der Waals surface area (Å²) in [7, 11) is 0. The third-order valence-corrected chi connectivity index (χ3v) is 5.35. The van der Waals surface area contributed by atoms with Crippen molar-refractivity contribution in [1.29, 1.82) is 0 Å². The number of fused-ring (bicyclic) bond motifs is 1. The second kappa shape index (κ2) is 5.26. The highest BCUT2D eigenvalue weighted by atomic mass is 32.2. The fourth-order valence-corrected chi connectivity index (χ4v) is 4.41. The van der Waals surface area contributed by atoms with Crippen molar-refractivity contribution in [2.24, 2.45) is 0 Å². The molecular formula is C14H9F3OS2. The van der Waals surface area contributed by atoms with Crippen molar-refractivity contribution < 1.29 is 18.0 Å². The van der Waals surface area contributed by atoms with Crippen LogP contribution in [0.15, 0.2) is 18.2 Å². The van der Waals surface area contributed by atoms with Crippen molar-refractivity contribution in [3.8, 4) is 0 Å². The summed E-state index contributed by atoms with van der Waals surface area (Å²) in [4.78, 5) is 13.7. The zero-order chi connectivity index (χ0) is 14.3. The molecule has 6 heteroatoms. The monoisotopic (exact) mass is 314 g/mol. The van der Waals surface area contributed by atoms with E-state index in [-0.39, 0.29) is 0 Å². The van der Waals surface area contributed by atoms with E-state index < -0.39 is 28.8 Å². The van der Waals surface area contributed by atoms with Gasteiger partial charge in [0.05, 0.1) is 10.4 Å². The van der Waals surface area contributed by atoms with E-state index in [9.17, 15) is 18.0 Å². The Balaban J connectivity index is 2.00. The number of thioether (sulfide) groups is 1. The Bertz CT molecular complexity index is 670. The van der Waals surface area contributed by atoms with Crippen LogP contribution in [-0.4, -0.2) is 11.5 Å². The Morgan fingerprint density at radius 3 is 2.55 bits per heavy atom. The number of halogens is 3. The average Bonchev–Trinajstić information content (AvgIpc) is 2.86. The van der Waals surface area contributed by atoms with Gasteiger partial charge in [0.2, 0.25) is 5.78 Å². The van der Waals surface area contributed by atoms with E-state index in [2.05, 4.69) is 0 Å². The molecule has 0 amide bonds. The van der Waals surface area contributed by atoms with Gasteiger partial charge in [-0.2, -0.15) is 11.8 Å². The SMILES string of the molecule is O=C(c1cc2c(s1)CCSC2)c1cc(F)c(F)cc1F. The number of thiophene rings is 1. The third-order valence-electron chi connectivity index (χ3n) is 3.11. The van der Waals surface area contributed by atoms with Gasteiger partial charge in [-0.1, -0.05) is 0 Å². The van der Waals surface area contributed by atoms with Gasteiger partial charge < -0.3 is 0 Å². The van der Waals surface area contributed by atoms with Crippen LogP contribution in [0.5, 0.6) is 0 Å². The fraction of sp³-hybridized carbons (Fsp3) is 0.214. The Morgan fingerprint density at radius 1 is 1.05 bits per heavy atom. The highest BCUT2D eigenvalue weighted by Gasteiger charge is 2.22. The predicted molar refractivity (Wildman–Crippen MR) is 73.9 cm³/mol. The predicted octanol–water partition coefficient (Wildman–Crippen LogP) is 4.19. The summed E-state index contributed by atoms with van der Waals surface area (Å²) in [5.41, 5.74) is 0.660. The maximum atomic E-state index is 13.6. The summed E-state index contributed by atoms with van der Waals surface area (Å²) in [6.07, 6.45) is 0.887. The molecule has 0 spiro atoms. The second-order valence-electron chi connectivity index (χ2n) is 4.44. The third kappa shape index (κ3) is 2.38. The van der Waals surface area contributed by atoms with Crippen LogP contribution in [-0.2, 0) is 12.2 Å². The van der Waals surface area contributed by atoms with Crippen LogP contribution in [0, 0.1) is 17.5 Å². The van der Waals surface area contributed by atoms with Gasteiger partial charge >= 0.3 is 0 Å². The van der Waals surface area contributed by atoms with Gasteiger partial charge in [-0.15, -0.1) is 11.3 Å². The van der Waals surface area contributed by atoms with Crippen LogP contribution < -0.4 is 0 Å². The summed E-state index contributed by atoms with van der Waals surface area (Å²) < 4.78 is 39.7. The molecule has 20 heavy (non-hydrogen) atoms. The van der Waals surface area contributed by atoms with Crippen molar-refractivity contribution in [2.75, 3.05) is 5.75 Å². The molecule has 0 aliphatic carbocycles. The van der Waals surface area contributed by atoms with Crippen LogP contribution in [0.4, 0.5) is 13.2 Å². The van der Waals surface area contributed by atoms with Crippen LogP contribution in [0.3, 0.4) is 0 Å². The molecule has 1 aliphatic rings. The number of hydrogen-bond acceptors (Lipinski definition) is 3. The molecular weight excluding hydrogens is 305 g/mol. The van der Waals surface area contributed by atoms with Gasteiger partial charge in [-0.05, 0) is 29.9 Å². The molecule has 3 rings (SSSR count). The zero-order valence-corrected chi connectivity index (χ0v) is 11.8. The van der Waals surface area contributed by atoms with Crippen LogP contribution >= 0.6 is 23.1 Å². The molecule has 2 aromatic rings. The van der Waals surface area contributed by atoms with E-state index in [0.29, 0.717) is 17.0 Å². The van der Waals surface area contributed by atoms with E-state index in [1.54, 1.807) is 17.8 Å². The maximum absolute atomic E-state index is 13.6. The molecule has 2 heterocycles. The first-order valence-electron chi connectivity index (χ1n) is 5.95. The Labute approximate surface area is 121 Å². The maximum Gasteiger partial charge on any atom is 0.206 e. The average molecular weight is 314 g/mol. The van der Waals surface area contributed by atoms with Gasteiger partial charge in [-0.25, -0.2) is 13.2 Å². The summed E-state index contributed by atoms with van der Waals surface area (Å²) in [6.45, 7) is 0. The first-order valence-corrected chi connectivity index (χ1v) is 7.92. The summed E-state index contributed by atoms with van der Waals surface area (Å²) in [6, 6.07) is 2.77. The highest BCUT2D eigenvalue weighted by Crippen LogP contribution is 2.33. The number of ketones is 1. The minimum Gasteiger partial charge on any atom is -0.288 e. The van der Waals surface area contributed by atoms with E-state index in [1.807, 2.05) is 0 Å². The lowest BCUT2D eigenvalue weighted by Gasteiger charge is -2.08. The summed E-state index contributed by atoms with van der Waals surface area (Å²) in [5, 5.41) is 0. The number of rotatable bonds is 2. The van der Waals surface area contributed by atoms with Crippen molar-refractivity contribution in [3.05, 3.63) is 56.5 Å². The topological polar surface area (TPSA) is 17.1 Å². The van der Waals surface area contributed by atoms with Gasteiger partial charge in [0.1, 0.15) is 5.82 Å². The van der Waals surface area contributed by atoms with Gasteiger partial charge in [0, 0.05) is 16.7 Å². The molecule has 0 bridgehead atoms. The molecule has 0 saturated carbocycles. The molecule has 0 saturated heterocycles. The molecule has 0 atom stereocenters. The Hall–Kier alpha value is -1.27. The minimum absolute atomic E-state index is 0.377. The Kier molecular flexibility index (Phi) is 3.60.